The highest BCUT2D eigenvalue weighted by Gasteiger charge is 2.47. The number of nitrogens with zero attached hydrogens (tertiary/aromatic N) is 2. The molecule has 1 saturated heterocycles. The van der Waals surface area contributed by atoms with E-state index in [1.807, 2.05) is 6.07 Å². The van der Waals surface area contributed by atoms with Crippen LogP contribution >= 0.6 is 23.2 Å². The van der Waals surface area contributed by atoms with Crippen molar-refractivity contribution in [2.75, 3.05) is 20.8 Å². The number of carbonyl (C=O) groups excluding carboxylic acids is 2. The highest BCUT2D eigenvalue weighted by atomic mass is 35.5. The second-order valence-electron chi connectivity index (χ2n) is 10.1. The van der Waals surface area contributed by atoms with Gasteiger partial charge in [0.05, 0.1) is 49.8 Å². The first kappa shape index (κ1) is 25.7. The Balaban J connectivity index is 1.72. The van der Waals surface area contributed by atoms with Gasteiger partial charge in [0.25, 0.3) is 11.8 Å². The SMILES string of the molecule is CO[C@H]1[C@H](O)[C@@H](O)[C@H](n2c3c(Cl)cccc3c3c4c(c5c6cccc(Cl)c6[nH]c5c32)C(=O)N(C)C4=O)O[C@@H]1CO. The number of hydrogen-bond acceptors (Lipinski definition) is 7. The fourth-order valence-corrected chi connectivity index (χ4v) is 6.86. The van der Waals surface area contributed by atoms with Crippen molar-refractivity contribution in [1.29, 1.82) is 0 Å². The first-order chi connectivity index (χ1) is 19.2. The summed E-state index contributed by atoms with van der Waals surface area (Å²) in [6.45, 7) is -0.492. The number of halogens is 2. The first-order valence-electron chi connectivity index (χ1n) is 12.6. The van der Waals surface area contributed by atoms with Crippen LogP contribution in [-0.4, -0.2) is 86.8 Å². The van der Waals surface area contributed by atoms with Crippen molar-refractivity contribution in [3.05, 3.63) is 57.6 Å². The minimum Gasteiger partial charge on any atom is -0.394 e. The minimum atomic E-state index is -1.51. The van der Waals surface area contributed by atoms with Crippen LogP contribution in [0.3, 0.4) is 0 Å². The molecule has 0 aliphatic carbocycles. The lowest BCUT2D eigenvalue weighted by Gasteiger charge is -2.42. The third-order valence-electron chi connectivity index (χ3n) is 8.15. The molecular weight excluding hydrogens is 561 g/mol. The number of H-pyrrole nitrogens is 1. The Kier molecular flexibility index (Phi) is 5.72. The molecule has 0 radical (unpaired) electrons. The van der Waals surface area contributed by atoms with Gasteiger partial charge in [-0.2, -0.15) is 0 Å². The van der Waals surface area contributed by atoms with E-state index in [2.05, 4.69) is 4.98 Å². The Hall–Kier alpha value is -3.22. The van der Waals surface area contributed by atoms with E-state index < -0.39 is 49.1 Å². The van der Waals surface area contributed by atoms with Crippen molar-refractivity contribution in [3.8, 4) is 0 Å². The Morgan fingerprint density at radius 1 is 0.925 bits per heavy atom. The number of hydrogen-bond donors (Lipinski definition) is 4. The van der Waals surface area contributed by atoms with Crippen molar-refractivity contribution in [3.63, 3.8) is 0 Å². The van der Waals surface area contributed by atoms with Crippen LogP contribution < -0.4 is 0 Å². The number of rotatable bonds is 3. The smallest absolute Gasteiger partial charge is 0.262 e. The number of methoxy groups -OCH3 is 1. The van der Waals surface area contributed by atoms with Gasteiger partial charge in [-0.1, -0.05) is 47.5 Å². The first-order valence-corrected chi connectivity index (χ1v) is 13.3. The number of aromatic amines is 1. The number of amides is 2. The van der Waals surface area contributed by atoms with E-state index in [4.69, 9.17) is 32.7 Å². The van der Waals surface area contributed by atoms with Crippen LogP contribution in [0.2, 0.25) is 10.0 Å². The summed E-state index contributed by atoms with van der Waals surface area (Å²) in [7, 11) is 2.78. The fourth-order valence-electron chi connectivity index (χ4n) is 6.37. The van der Waals surface area contributed by atoms with E-state index in [9.17, 15) is 24.9 Å². The maximum Gasteiger partial charge on any atom is 0.262 e. The number of aliphatic hydroxyl groups is 3. The van der Waals surface area contributed by atoms with Gasteiger partial charge in [-0.25, -0.2) is 0 Å². The summed E-state index contributed by atoms with van der Waals surface area (Å²) in [6, 6.07) is 10.4. The number of aromatic nitrogens is 2. The quantitative estimate of drug-likeness (QED) is 0.238. The number of nitrogens with one attached hydrogen (secondary N) is 1. The summed E-state index contributed by atoms with van der Waals surface area (Å²) in [6.07, 6.45) is -6.18. The Labute approximate surface area is 236 Å². The van der Waals surface area contributed by atoms with Gasteiger partial charge in [-0.15, -0.1) is 0 Å². The maximum atomic E-state index is 13.7. The molecule has 5 aromatic rings. The number of para-hydroxylation sites is 2. The van der Waals surface area contributed by atoms with Crippen LogP contribution in [-0.2, 0) is 9.47 Å². The molecule has 2 aliphatic heterocycles. The molecule has 2 aliphatic rings. The number of imide groups is 1. The molecule has 4 N–H and O–H groups in total. The average molecular weight is 584 g/mol. The average Bonchev–Trinajstić information content (AvgIpc) is 3.56. The van der Waals surface area contributed by atoms with E-state index in [1.54, 1.807) is 34.9 Å². The van der Waals surface area contributed by atoms with Crippen molar-refractivity contribution in [2.24, 2.45) is 0 Å². The Bertz CT molecular complexity index is 1910. The van der Waals surface area contributed by atoms with Crippen LogP contribution in [0.1, 0.15) is 26.9 Å². The van der Waals surface area contributed by atoms with Crippen LogP contribution in [0.25, 0.3) is 43.6 Å². The summed E-state index contributed by atoms with van der Waals surface area (Å²) in [4.78, 5) is 31.6. The van der Waals surface area contributed by atoms with Gasteiger partial charge in [-0.05, 0) is 12.1 Å². The van der Waals surface area contributed by atoms with Gasteiger partial charge in [-0.3, -0.25) is 14.5 Å². The molecule has 0 saturated carbocycles. The zero-order valence-corrected chi connectivity index (χ0v) is 22.7. The standard InChI is InChI=1S/C28H23Cl2N3O7/c1-32-26(37)17-15-10-5-3-7-12(29)19(10)31-20(15)22-16(18(17)27(32)38)11-6-4-8-13(30)21(11)33(22)28-24(36)23(35)25(39-2)14(9-34)40-28/h3-8,14,23-25,28,31,34-36H,9H2,1-2H3/t14-,23-,24-,25-,28-/m1/s1. The second-order valence-corrected chi connectivity index (χ2v) is 10.9. The van der Waals surface area contributed by atoms with E-state index in [0.717, 1.165) is 4.90 Å². The maximum absolute atomic E-state index is 13.7. The summed E-state index contributed by atoms with van der Waals surface area (Å²) >= 11 is 13.3. The Morgan fingerprint density at radius 3 is 2.25 bits per heavy atom. The predicted molar refractivity (Wildman–Crippen MR) is 149 cm³/mol. The van der Waals surface area contributed by atoms with Gasteiger partial charge >= 0.3 is 0 Å². The van der Waals surface area contributed by atoms with Gasteiger partial charge in [0, 0.05) is 35.7 Å². The molecule has 0 spiro atoms. The molecule has 2 amide bonds. The summed E-state index contributed by atoms with van der Waals surface area (Å²) in [5.74, 6) is -0.941. The molecule has 40 heavy (non-hydrogen) atoms. The zero-order valence-electron chi connectivity index (χ0n) is 21.2. The van der Waals surface area contributed by atoms with Crippen LogP contribution in [0, 0.1) is 0 Å². The Morgan fingerprint density at radius 2 is 1.57 bits per heavy atom. The number of fused-ring (bicyclic) bond motifs is 10. The van der Waals surface area contributed by atoms with Gasteiger partial charge in [0.1, 0.15) is 24.4 Å². The summed E-state index contributed by atoms with van der Waals surface area (Å²) < 4.78 is 13.1. The molecule has 0 unspecified atom stereocenters. The highest BCUT2D eigenvalue weighted by molar-refractivity contribution is 6.43. The second kappa shape index (κ2) is 8.89. The van der Waals surface area contributed by atoms with Gasteiger partial charge in [0.15, 0.2) is 6.23 Å². The van der Waals surface area contributed by atoms with Crippen LogP contribution in [0.15, 0.2) is 36.4 Å². The number of carbonyl (C=O) groups is 2. The van der Waals surface area contributed by atoms with Gasteiger partial charge in [0.2, 0.25) is 0 Å². The number of ether oxygens (including phenoxy) is 2. The van der Waals surface area contributed by atoms with E-state index in [0.29, 0.717) is 48.6 Å². The molecule has 3 aromatic carbocycles. The molecule has 4 heterocycles. The number of benzene rings is 3. The lowest BCUT2D eigenvalue weighted by Crippen LogP contribution is -2.57. The third kappa shape index (κ3) is 3.12. The molecule has 1 fully saturated rings. The zero-order chi connectivity index (χ0) is 28.2. The minimum absolute atomic E-state index is 0.196. The molecule has 5 atom stereocenters. The van der Waals surface area contributed by atoms with E-state index >= 15 is 0 Å². The van der Waals surface area contributed by atoms with Crippen LogP contribution in [0.4, 0.5) is 0 Å². The van der Waals surface area contributed by atoms with Gasteiger partial charge < -0.3 is 34.3 Å². The topological polar surface area (TPSA) is 137 Å². The molecule has 7 rings (SSSR count). The van der Waals surface area contributed by atoms with Crippen molar-refractivity contribution in [1.82, 2.24) is 14.5 Å². The molecule has 12 heteroatoms. The third-order valence-corrected chi connectivity index (χ3v) is 8.77. The normalized spacial score (nSPS) is 25.3. The molecule has 2 aromatic heterocycles. The van der Waals surface area contributed by atoms with Crippen molar-refractivity contribution >= 4 is 78.6 Å². The lowest BCUT2D eigenvalue weighted by molar-refractivity contribution is -0.255. The highest BCUT2D eigenvalue weighted by Crippen LogP contribution is 2.48. The number of aliphatic hydroxyl groups excluding tert-OH is 3. The predicted octanol–water partition coefficient (Wildman–Crippen LogP) is 3.59. The summed E-state index contributed by atoms with van der Waals surface area (Å²) in [5, 5.41) is 35.2. The van der Waals surface area contributed by atoms with Crippen LogP contribution in [0.5, 0.6) is 0 Å². The van der Waals surface area contributed by atoms with E-state index in [-0.39, 0.29) is 16.1 Å². The van der Waals surface area contributed by atoms with Crippen molar-refractivity contribution in [2.45, 2.75) is 30.6 Å². The van der Waals surface area contributed by atoms with E-state index in [1.165, 1.54) is 14.2 Å². The molecule has 10 nitrogen and oxygen atoms in total. The summed E-state index contributed by atoms with van der Waals surface area (Å²) in [5.41, 5.74) is 2.30. The monoisotopic (exact) mass is 583 g/mol. The fraction of sp³-hybridized carbons (Fsp3) is 0.286. The molecule has 206 valence electrons. The van der Waals surface area contributed by atoms with Crippen molar-refractivity contribution < 1.29 is 34.4 Å². The lowest BCUT2D eigenvalue weighted by atomic mass is 9.96. The molecule has 0 bridgehead atoms. The largest absolute Gasteiger partial charge is 0.394 e. The molecular formula is C28H23Cl2N3O7.